The summed E-state index contributed by atoms with van der Waals surface area (Å²) in [5, 5.41) is 6.99. The number of nitrogens with one attached hydrogen (secondary N) is 2. The first-order valence-electron chi connectivity index (χ1n) is 10.7. The number of benzene rings is 1. The van der Waals surface area contributed by atoms with Gasteiger partial charge in [-0.25, -0.2) is 4.98 Å². The van der Waals surface area contributed by atoms with E-state index in [0.717, 1.165) is 61.2 Å². The van der Waals surface area contributed by atoms with Gasteiger partial charge in [-0.2, -0.15) is 0 Å². The predicted molar refractivity (Wildman–Crippen MR) is 120 cm³/mol. The van der Waals surface area contributed by atoms with Crippen molar-refractivity contribution in [2.75, 3.05) is 32.1 Å². The molecule has 0 bridgehead atoms. The highest BCUT2D eigenvalue weighted by atomic mass is 16.5. The smallest absolute Gasteiger partial charge is 0.191 e. The summed E-state index contributed by atoms with van der Waals surface area (Å²) in [4.78, 5) is 11.2. The first-order valence-corrected chi connectivity index (χ1v) is 10.7. The van der Waals surface area contributed by atoms with Crippen LogP contribution in [0.2, 0.25) is 0 Å². The summed E-state index contributed by atoms with van der Waals surface area (Å²) in [6.45, 7) is 4.69. The highest BCUT2D eigenvalue weighted by Crippen LogP contribution is 2.34. The molecule has 0 amide bonds. The van der Waals surface area contributed by atoms with Gasteiger partial charge in [-0.15, -0.1) is 0 Å². The average molecular weight is 410 g/mol. The predicted octanol–water partition coefficient (Wildman–Crippen LogP) is 2.75. The number of fused-ring (bicyclic) bond motifs is 1. The van der Waals surface area contributed by atoms with Gasteiger partial charge in [-0.05, 0) is 44.0 Å². The normalized spacial score (nSPS) is 19.2. The minimum atomic E-state index is 0.222. The topological polar surface area (TPSA) is 71.0 Å². The van der Waals surface area contributed by atoms with Crippen molar-refractivity contribution in [3.63, 3.8) is 0 Å². The van der Waals surface area contributed by atoms with Gasteiger partial charge in [0.15, 0.2) is 5.96 Å². The van der Waals surface area contributed by atoms with Crippen molar-refractivity contribution in [2.45, 2.75) is 44.9 Å². The maximum absolute atomic E-state index is 5.91. The fourth-order valence-electron chi connectivity index (χ4n) is 4.17. The van der Waals surface area contributed by atoms with Gasteiger partial charge in [0.25, 0.3) is 0 Å². The lowest BCUT2D eigenvalue weighted by Gasteiger charge is -2.33. The minimum Gasteiger partial charge on any atom is -0.496 e. The van der Waals surface area contributed by atoms with Crippen LogP contribution < -0.4 is 25.0 Å². The third-order valence-corrected chi connectivity index (χ3v) is 5.78. The molecule has 0 saturated carbocycles. The molecule has 7 heteroatoms. The van der Waals surface area contributed by atoms with Crippen LogP contribution in [0.15, 0.2) is 41.5 Å². The lowest BCUT2D eigenvalue weighted by atomic mass is 10.1. The number of nitrogens with zero attached hydrogens (tertiary/aromatic N) is 3. The molecule has 1 saturated heterocycles. The number of hydrogen-bond acceptors (Lipinski definition) is 5. The molecule has 1 fully saturated rings. The Morgan fingerprint density at radius 2 is 2.13 bits per heavy atom. The quantitative estimate of drug-likeness (QED) is 0.585. The second kappa shape index (κ2) is 9.24. The Balaban J connectivity index is 1.31. The van der Waals surface area contributed by atoms with Crippen LogP contribution >= 0.6 is 0 Å². The zero-order chi connectivity index (χ0) is 20.9. The van der Waals surface area contributed by atoms with Crippen molar-refractivity contribution in [1.29, 1.82) is 0 Å². The lowest BCUT2D eigenvalue weighted by molar-refractivity contribution is 0.254. The van der Waals surface area contributed by atoms with Crippen LogP contribution in [-0.4, -0.2) is 50.3 Å². The van der Waals surface area contributed by atoms with Gasteiger partial charge >= 0.3 is 0 Å². The molecule has 1 atom stereocenters. The highest BCUT2D eigenvalue weighted by Gasteiger charge is 2.23. The van der Waals surface area contributed by atoms with E-state index in [1.807, 2.05) is 25.4 Å². The van der Waals surface area contributed by atoms with Crippen molar-refractivity contribution in [2.24, 2.45) is 4.99 Å². The van der Waals surface area contributed by atoms with E-state index in [1.165, 1.54) is 5.56 Å². The number of anilines is 1. The number of rotatable bonds is 5. The van der Waals surface area contributed by atoms with Crippen LogP contribution in [-0.2, 0) is 13.0 Å². The Labute approximate surface area is 178 Å². The molecular weight excluding hydrogens is 378 g/mol. The van der Waals surface area contributed by atoms with Crippen LogP contribution in [0.5, 0.6) is 11.5 Å². The van der Waals surface area contributed by atoms with Gasteiger partial charge in [-0.1, -0.05) is 6.07 Å². The third-order valence-electron chi connectivity index (χ3n) is 5.78. The molecule has 1 aromatic heterocycles. The van der Waals surface area contributed by atoms with E-state index in [9.17, 15) is 0 Å². The second-order valence-corrected chi connectivity index (χ2v) is 7.92. The summed E-state index contributed by atoms with van der Waals surface area (Å²) in [5.74, 6) is 3.71. The number of hydrogen-bond donors (Lipinski definition) is 2. The molecule has 0 radical (unpaired) electrons. The molecule has 2 aliphatic heterocycles. The molecule has 4 rings (SSSR count). The molecule has 160 valence electrons. The van der Waals surface area contributed by atoms with Crippen LogP contribution in [0.25, 0.3) is 0 Å². The van der Waals surface area contributed by atoms with E-state index in [-0.39, 0.29) is 6.10 Å². The SMILES string of the molecule is CN=C(NCc1cc2c(cc1OC)CC(C)O2)NC1CCN(c2ccccn2)CC1. The summed E-state index contributed by atoms with van der Waals surface area (Å²) < 4.78 is 11.5. The van der Waals surface area contributed by atoms with Gasteiger partial charge in [0.1, 0.15) is 23.4 Å². The Kier molecular flexibility index (Phi) is 6.26. The van der Waals surface area contributed by atoms with E-state index in [4.69, 9.17) is 9.47 Å². The molecule has 2 aromatic rings. The average Bonchev–Trinajstić information content (AvgIpc) is 3.15. The van der Waals surface area contributed by atoms with E-state index in [2.05, 4.69) is 50.6 Å². The van der Waals surface area contributed by atoms with Crippen molar-refractivity contribution < 1.29 is 9.47 Å². The van der Waals surface area contributed by atoms with Crippen LogP contribution in [0.1, 0.15) is 30.9 Å². The van der Waals surface area contributed by atoms with Gasteiger partial charge in [0.05, 0.1) is 7.11 Å². The number of ether oxygens (including phenoxy) is 2. The summed E-state index contributed by atoms with van der Waals surface area (Å²) >= 11 is 0. The van der Waals surface area contributed by atoms with Crippen LogP contribution in [0.3, 0.4) is 0 Å². The Hall–Kier alpha value is -2.96. The van der Waals surface area contributed by atoms with Crippen LogP contribution in [0.4, 0.5) is 5.82 Å². The zero-order valence-corrected chi connectivity index (χ0v) is 18.0. The fraction of sp³-hybridized carbons (Fsp3) is 0.478. The summed E-state index contributed by atoms with van der Waals surface area (Å²) in [6, 6.07) is 10.6. The van der Waals surface area contributed by atoms with E-state index in [0.29, 0.717) is 12.6 Å². The minimum absolute atomic E-state index is 0.222. The number of piperidine rings is 1. The van der Waals surface area contributed by atoms with Crippen LogP contribution in [0, 0.1) is 0 Å². The first kappa shape index (κ1) is 20.3. The molecule has 1 aromatic carbocycles. The van der Waals surface area contributed by atoms with Crippen molar-refractivity contribution in [3.8, 4) is 11.5 Å². The van der Waals surface area contributed by atoms with E-state index >= 15 is 0 Å². The molecule has 3 heterocycles. The standard InChI is InChI=1S/C23H31N5O2/c1-16-12-17-13-20(29-3)18(14-21(17)30-16)15-26-23(24-2)27-19-7-10-28(11-8-19)22-6-4-5-9-25-22/h4-6,9,13-14,16,19H,7-8,10-12,15H2,1-3H3,(H2,24,26,27). The molecular formula is C23H31N5O2. The van der Waals surface area contributed by atoms with Gasteiger partial charge in [0, 0.05) is 56.5 Å². The van der Waals surface area contributed by atoms with Gasteiger partial charge < -0.3 is 25.0 Å². The molecule has 2 aliphatic rings. The number of aromatic nitrogens is 1. The fourth-order valence-corrected chi connectivity index (χ4v) is 4.17. The highest BCUT2D eigenvalue weighted by molar-refractivity contribution is 5.80. The largest absolute Gasteiger partial charge is 0.496 e. The number of pyridine rings is 1. The number of methoxy groups -OCH3 is 1. The van der Waals surface area contributed by atoms with Crippen molar-refractivity contribution in [3.05, 3.63) is 47.7 Å². The molecule has 2 N–H and O–H groups in total. The first-order chi connectivity index (χ1) is 14.7. The molecule has 7 nitrogen and oxygen atoms in total. The summed E-state index contributed by atoms with van der Waals surface area (Å²) in [6.07, 6.45) is 5.10. The lowest BCUT2D eigenvalue weighted by Crippen LogP contribution is -2.48. The monoisotopic (exact) mass is 409 g/mol. The molecule has 1 unspecified atom stereocenters. The summed E-state index contributed by atoms with van der Waals surface area (Å²) in [5.41, 5.74) is 2.28. The Morgan fingerprint density at radius 3 is 2.83 bits per heavy atom. The maximum Gasteiger partial charge on any atom is 0.191 e. The maximum atomic E-state index is 5.91. The molecule has 30 heavy (non-hydrogen) atoms. The second-order valence-electron chi connectivity index (χ2n) is 7.92. The van der Waals surface area contributed by atoms with Crippen molar-refractivity contribution in [1.82, 2.24) is 15.6 Å². The molecule has 0 spiro atoms. The summed E-state index contributed by atoms with van der Waals surface area (Å²) in [7, 11) is 3.52. The van der Waals surface area contributed by atoms with E-state index < -0.39 is 0 Å². The Bertz CT molecular complexity index is 879. The van der Waals surface area contributed by atoms with Crippen molar-refractivity contribution >= 4 is 11.8 Å². The van der Waals surface area contributed by atoms with E-state index in [1.54, 1.807) is 7.11 Å². The molecule has 0 aliphatic carbocycles. The zero-order valence-electron chi connectivity index (χ0n) is 18.0. The number of aliphatic imine (C=N–C) groups is 1. The van der Waals surface area contributed by atoms with Gasteiger partial charge in [-0.3, -0.25) is 4.99 Å². The number of guanidine groups is 1. The third kappa shape index (κ3) is 4.61. The van der Waals surface area contributed by atoms with Gasteiger partial charge in [0.2, 0.25) is 0 Å². The Morgan fingerprint density at radius 1 is 1.30 bits per heavy atom.